The number of carbonyl (C=O) groups is 1. The van der Waals surface area contributed by atoms with Crippen LogP contribution in [0, 0.1) is 0 Å². The summed E-state index contributed by atoms with van der Waals surface area (Å²) in [5.41, 5.74) is 3.74. The number of hydrogen-bond acceptors (Lipinski definition) is 2. The first-order valence-electron chi connectivity index (χ1n) is 7.28. The number of carbonyl (C=O) groups excluding carboxylic acids is 1. The lowest BCUT2D eigenvalue weighted by molar-refractivity contribution is 0.103. The average molecular weight is 286 g/mol. The lowest BCUT2D eigenvalue weighted by Crippen LogP contribution is -2.02. The summed E-state index contributed by atoms with van der Waals surface area (Å²) in [7, 11) is 0. The second-order valence-corrected chi connectivity index (χ2v) is 5.38. The standard InChI is InChI=1S/C20H14O2/c21-20-17-11-5-4-10-16(17)19(14-7-2-1-3-8-14)18(20)13-15-9-6-12-22-15/h1-13,19H/b18-13-. The molecule has 2 heteroatoms. The predicted octanol–water partition coefficient (Wildman–Crippen LogP) is 4.69. The van der Waals surface area contributed by atoms with Crippen molar-refractivity contribution < 1.29 is 9.21 Å². The number of fused-ring (bicyclic) bond motifs is 1. The molecule has 0 saturated heterocycles. The first-order chi connectivity index (χ1) is 10.8. The van der Waals surface area contributed by atoms with E-state index in [1.807, 2.05) is 60.7 Å². The number of allylic oxidation sites excluding steroid dienone is 1. The van der Waals surface area contributed by atoms with Gasteiger partial charge >= 0.3 is 0 Å². The minimum absolute atomic E-state index is 0.0324. The van der Waals surface area contributed by atoms with Crippen LogP contribution in [0.15, 0.2) is 83.0 Å². The second kappa shape index (κ2) is 5.15. The first kappa shape index (κ1) is 12.8. The van der Waals surface area contributed by atoms with Gasteiger partial charge in [0.1, 0.15) is 5.76 Å². The summed E-state index contributed by atoms with van der Waals surface area (Å²) in [5.74, 6) is 0.757. The van der Waals surface area contributed by atoms with Gasteiger partial charge in [-0.2, -0.15) is 0 Å². The Labute approximate surface area is 128 Å². The molecule has 1 aliphatic carbocycles. The smallest absolute Gasteiger partial charge is 0.190 e. The zero-order valence-corrected chi connectivity index (χ0v) is 11.9. The van der Waals surface area contributed by atoms with Crippen LogP contribution in [-0.4, -0.2) is 5.78 Å². The van der Waals surface area contributed by atoms with Gasteiger partial charge in [-0.1, -0.05) is 54.6 Å². The average Bonchev–Trinajstić information content (AvgIpc) is 3.17. The van der Waals surface area contributed by atoms with E-state index in [0.29, 0.717) is 5.76 Å². The zero-order chi connectivity index (χ0) is 14.9. The summed E-state index contributed by atoms with van der Waals surface area (Å²) in [6.07, 6.45) is 3.48. The molecule has 2 aromatic carbocycles. The van der Waals surface area contributed by atoms with E-state index in [2.05, 4.69) is 12.1 Å². The Morgan fingerprint density at radius 3 is 2.41 bits per heavy atom. The summed E-state index contributed by atoms with van der Waals surface area (Å²) in [5, 5.41) is 0. The van der Waals surface area contributed by atoms with E-state index < -0.39 is 0 Å². The van der Waals surface area contributed by atoms with Crippen LogP contribution in [0.3, 0.4) is 0 Å². The van der Waals surface area contributed by atoms with Gasteiger partial charge in [0, 0.05) is 17.1 Å². The lowest BCUT2D eigenvalue weighted by Gasteiger charge is -2.13. The number of ketones is 1. The quantitative estimate of drug-likeness (QED) is 0.640. The Balaban J connectivity index is 1.92. The monoisotopic (exact) mass is 286 g/mol. The molecule has 2 nitrogen and oxygen atoms in total. The molecule has 0 bridgehead atoms. The highest BCUT2D eigenvalue weighted by Gasteiger charge is 2.35. The van der Waals surface area contributed by atoms with Crippen LogP contribution >= 0.6 is 0 Å². The lowest BCUT2D eigenvalue weighted by atomic mass is 9.89. The van der Waals surface area contributed by atoms with E-state index in [9.17, 15) is 4.79 Å². The maximum Gasteiger partial charge on any atom is 0.190 e. The molecule has 0 N–H and O–H groups in total. The van der Waals surface area contributed by atoms with Gasteiger partial charge < -0.3 is 4.42 Å². The van der Waals surface area contributed by atoms with Crippen molar-refractivity contribution in [1.82, 2.24) is 0 Å². The van der Waals surface area contributed by atoms with E-state index in [4.69, 9.17) is 4.42 Å². The maximum atomic E-state index is 12.8. The van der Waals surface area contributed by atoms with Crippen LogP contribution in [0.25, 0.3) is 6.08 Å². The van der Waals surface area contributed by atoms with Crippen molar-refractivity contribution in [3.8, 4) is 0 Å². The number of hydrogen-bond donors (Lipinski definition) is 0. The van der Waals surface area contributed by atoms with Crippen LogP contribution in [0.4, 0.5) is 0 Å². The van der Waals surface area contributed by atoms with Gasteiger partial charge in [0.15, 0.2) is 5.78 Å². The van der Waals surface area contributed by atoms with Gasteiger partial charge in [0.2, 0.25) is 0 Å². The number of Topliss-reactive ketones (excluding diaryl/α,β-unsaturated/α-hetero) is 1. The van der Waals surface area contributed by atoms with Crippen molar-refractivity contribution in [2.24, 2.45) is 0 Å². The molecule has 0 saturated carbocycles. The normalized spacial score (nSPS) is 18.6. The number of furan rings is 1. The fourth-order valence-electron chi connectivity index (χ4n) is 3.09. The molecule has 1 unspecified atom stereocenters. The van der Waals surface area contributed by atoms with Gasteiger partial charge in [-0.15, -0.1) is 0 Å². The predicted molar refractivity (Wildman–Crippen MR) is 85.7 cm³/mol. The molecule has 0 spiro atoms. The third-order valence-corrected chi connectivity index (χ3v) is 4.06. The van der Waals surface area contributed by atoms with Crippen molar-refractivity contribution in [2.75, 3.05) is 0 Å². The van der Waals surface area contributed by atoms with Gasteiger partial charge in [-0.05, 0) is 29.3 Å². The highest BCUT2D eigenvalue weighted by Crippen LogP contribution is 2.42. The Kier molecular flexibility index (Phi) is 3.01. The summed E-state index contributed by atoms with van der Waals surface area (Å²) in [4.78, 5) is 12.8. The van der Waals surface area contributed by atoms with Crippen LogP contribution in [0.1, 0.15) is 33.2 Å². The third kappa shape index (κ3) is 2.01. The van der Waals surface area contributed by atoms with E-state index in [1.54, 1.807) is 6.26 Å². The van der Waals surface area contributed by atoms with Crippen molar-refractivity contribution in [3.63, 3.8) is 0 Å². The van der Waals surface area contributed by atoms with Crippen LogP contribution < -0.4 is 0 Å². The SMILES string of the molecule is O=C1/C(=C\c2ccco2)C(c2ccccc2)c2ccccc21. The first-order valence-corrected chi connectivity index (χ1v) is 7.28. The maximum absolute atomic E-state index is 12.8. The molecule has 0 fully saturated rings. The summed E-state index contributed by atoms with van der Waals surface area (Å²) in [6.45, 7) is 0. The molecule has 106 valence electrons. The molecule has 1 aromatic heterocycles. The Morgan fingerprint density at radius 2 is 1.64 bits per heavy atom. The fraction of sp³-hybridized carbons (Fsp3) is 0.0500. The van der Waals surface area contributed by atoms with Crippen LogP contribution in [-0.2, 0) is 0 Å². The zero-order valence-electron chi connectivity index (χ0n) is 11.9. The molecular weight excluding hydrogens is 272 g/mol. The molecule has 1 heterocycles. The highest BCUT2D eigenvalue weighted by atomic mass is 16.3. The topological polar surface area (TPSA) is 30.2 Å². The van der Waals surface area contributed by atoms with Gasteiger partial charge in [0.05, 0.1) is 6.26 Å². The molecule has 1 atom stereocenters. The van der Waals surface area contributed by atoms with Crippen molar-refractivity contribution in [2.45, 2.75) is 5.92 Å². The molecule has 3 aromatic rings. The Morgan fingerprint density at radius 1 is 0.864 bits per heavy atom. The molecule has 1 aliphatic rings. The highest BCUT2D eigenvalue weighted by molar-refractivity contribution is 6.17. The molecular formula is C20H14O2. The van der Waals surface area contributed by atoms with Gasteiger partial charge in [0.25, 0.3) is 0 Å². The minimum Gasteiger partial charge on any atom is -0.465 e. The number of benzene rings is 2. The molecule has 22 heavy (non-hydrogen) atoms. The van der Waals surface area contributed by atoms with E-state index >= 15 is 0 Å². The largest absolute Gasteiger partial charge is 0.465 e. The van der Waals surface area contributed by atoms with Gasteiger partial charge in [-0.3, -0.25) is 4.79 Å². The Hall–Kier alpha value is -2.87. The van der Waals surface area contributed by atoms with Crippen LogP contribution in [0.5, 0.6) is 0 Å². The van der Waals surface area contributed by atoms with Crippen molar-refractivity contribution >= 4 is 11.9 Å². The minimum atomic E-state index is -0.0324. The summed E-state index contributed by atoms with van der Waals surface area (Å²) >= 11 is 0. The van der Waals surface area contributed by atoms with Crippen molar-refractivity contribution in [3.05, 3.63) is 101 Å². The third-order valence-electron chi connectivity index (χ3n) is 4.06. The van der Waals surface area contributed by atoms with E-state index in [1.165, 1.54) is 0 Å². The van der Waals surface area contributed by atoms with Gasteiger partial charge in [-0.25, -0.2) is 0 Å². The second-order valence-electron chi connectivity index (χ2n) is 5.38. The van der Waals surface area contributed by atoms with Crippen molar-refractivity contribution in [1.29, 1.82) is 0 Å². The molecule has 4 rings (SSSR count). The van der Waals surface area contributed by atoms with E-state index in [0.717, 1.165) is 22.3 Å². The summed E-state index contributed by atoms with van der Waals surface area (Å²) in [6, 6.07) is 21.7. The fourth-order valence-corrected chi connectivity index (χ4v) is 3.09. The Bertz CT molecular complexity index is 842. The van der Waals surface area contributed by atoms with E-state index in [-0.39, 0.29) is 11.7 Å². The number of rotatable bonds is 2. The molecule has 0 aliphatic heterocycles. The molecule has 0 radical (unpaired) electrons. The molecule has 0 amide bonds. The van der Waals surface area contributed by atoms with Crippen LogP contribution in [0.2, 0.25) is 0 Å². The summed E-state index contributed by atoms with van der Waals surface area (Å²) < 4.78 is 5.40.